The molecule has 0 bridgehead atoms. The molecule has 0 spiro atoms. The Kier molecular flexibility index (Phi) is 3.39. The molecule has 2 fully saturated rings. The van der Waals surface area contributed by atoms with E-state index in [0.29, 0.717) is 18.8 Å². The number of carbonyl (C=O) groups excluding carboxylic acids is 1. The van der Waals surface area contributed by atoms with E-state index in [9.17, 15) is 9.59 Å². The van der Waals surface area contributed by atoms with Crippen molar-refractivity contribution in [1.29, 1.82) is 0 Å². The summed E-state index contributed by atoms with van der Waals surface area (Å²) in [5.74, 6) is -0.625. The van der Waals surface area contributed by atoms with Crippen LogP contribution in [0.15, 0.2) is 0 Å². The molecule has 6 heteroatoms. The summed E-state index contributed by atoms with van der Waals surface area (Å²) >= 11 is 1.50. The fraction of sp³-hybridized carbons (Fsp3) is 0.800. The Hall–Kier alpha value is -0.750. The second-order valence-electron chi connectivity index (χ2n) is 4.03. The molecule has 5 nitrogen and oxygen atoms in total. The minimum absolute atomic E-state index is 0.0715. The van der Waals surface area contributed by atoms with Gasteiger partial charge in [0, 0.05) is 12.4 Å². The third kappa shape index (κ3) is 2.04. The molecule has 0 aromatic heterocycles. The molecule has 0 aliphatic carbocycles. The number of aliphatic carboxylic acids is 1. The van der Waals surface area contributed by atoms with Crippen molar-refractivity contribution in [3.05, 3.63) is 0 Å². The molecule has 2 aliphatic rings. The van der Waals surface area contributed by atoms with Crippen molar-refractivity contribution in [2.75, 3.05) is 12.4 Å². The summed E-state index contributed by atoms with van der Waals surface area (Å²) in [6.07, 6.45) is 1.16. The largest absolute Gasteiger partial charge is 0.480 e. The number of hydrogen-bond donors (Lipinski definition) is 1. The van der Waals surface area contributed by atoms with E-state index in [4.69, 9.17) is 9.84 Å². The van der Waals surface area contributed by atoms with Crippen LogP contribution in [0, 0.1) is 0 Å². The van der Waals surface area contributed by atoms with E-state index in [0.717, 1.165) is 6.42 Å². The minimum Gasteiger partial charge on any atom is -0.480 e. The zero-order valence-electron chi connectivity index (χ0n) is 9.09. The summed E-state index contributed by atoms with van der Waals surface area (Å²) in [6.45, 7) is 2.46. The number of ether oxygens (including phenoxy) is 1. The third-order valence-corrected chi connectivity index (χ3v) is 4.19. The lowest BCUT2D eigenvalue weighted by Gasteiger charge is -2.27. The van der Waals surface area contributed by atoms with Gasteiger partial charge in [-0.2, -0.15) is 0 Å². The standard InChI is InChI=1S/C10H15NO4S/c1-6-11(7(5-16-6)10(13)14)9(12)8-3-2-4-15-8/h6-8H,2-5H2,1H3,(H,13,14)/t6?,7?,8-/m1/s1. The number of amides is 1. The first-order valence-electron chi connectivity index (χ1n) is 5.39. The molecule has 90 valence electrons. The van der Waals surface area contributed by atoms with Crippen LogP contribution in [0.1, 0.15) is 19.8 Å². The molecule has 2 heterocycles. The Morgan fingerprint density at radius 2 is 2.25 bits per heavy atom. The number of hydrogen-bond acceptors (Lipinski definition) is 4. The maximum Gasteiger partial charge on any atom is 0.327 e. The number of thioether (sulfide) groups is 1. The average molecular weight is 245 g/mol. The van der Waals surface area contributed by atoms with Crippen LogP contribution in [-0.4, -0.2) is 51.8 Å². The highest BCUT2D eigenvalue weighted by Gasteiger charge is 2.42. The Labute approximate surface area is 98.1 Å². The second-order valence-corrected chi connectivity index (χ2v) is 5.38. The van der Waals surface area contributed by atoms with Gasteiger partial charge in [-0.3, -0.25) is 4.79 Å². The quantitative estimate of drug-likeness (QED) is 0.769. The van der Waals surface area contributed by atoms with Gasteiger partial charge in [0.05, 0.1) is 5.37 Å². The number of carboxylic acid groups (broad SMARTS) is 1. The highest BCUT2D eigenvalue weighted by Crippen LogP contribution is 2.31. The molecule has 2 aliphatic heterocycles. The summed E-state index contributed by atoms with van der Waals surface area (Å²) in [6, 6.07) is -0.698. The topological polar surface area (TPSA) is 66.8 Å². The lowest BCUT2D eigenvalue weighted by atomic mass is 10.2. The SMILES string of the molecule is CC1SCC(C(=O)O)N1C(=O)[C@H]1CCCO1. The van der Waals surface area contributed by atoms with E-state index >= 15 is 0 Å². The van der Waals surface area contributed by atoms with E-state index < -0.39 is 18.1 Å². The van der Waals surface area contributed by atoms with Crippen LogP contribution in [-0.2, 0) is 14.3 Å². The van der Waals surface area contributed by atoms with E-state index in [2.05, 4.69) is 0 Å². The molecule has 3 atom stereocenters. The Balaban J connectivity index is 2.10. The van der Waals surface area contributed by atoms with Gasteiger partial charge in [-0.15, -0.1) is 11.8 Å². The molecular weight excluding hydrogens is 230 g/mol. The van der Waals surface area contributed by atoms with E-state index in [1.165, 1.54) is 16.7 Å². The van der Waals surface area contributed by atoms with Gasteiger partial charge in [0.25, 0.3) is 5.91 Å². The highest BCUT2D eigenvalue weighted by atomic mass is 32.2. The summed E-state index contributed by atoms with van der Waals surface area (Å²) < 4.78 is 5.31. The van der Waals surface area contributed by atoms with Gasteiger partial charge in [0.1, 0.15) is 12.1 Å². The zero-order valence-corrected chi connectivity index (χ0v) is 9.90. The predicted octanol–water partition coefficient (Wildman–Crippen LogP) is 0.540. The van der Waals surface area contributed by atoms with Crippen molar-refractivity contribution >= 4 is 23.6 Å². The molecule has 0 radical (unpaired) electrons. The zero-order chi connectivity index (χ0) is 11.7. The van der Waals surface area contributed by atoms with Crippen molar-refractivity contribution in [3.63, 3.8) is 0 Å². The smallest absolute Gasteiger partial charge is 0.327 e. The fourth-order valence-corrected chi connectivity index (χ4v) is 3.28. The lowest BCUT2D eigenvalue weighted by molar-refractivity contribution is -0.153. The molecule has 2 rings (SSSR count). The van der Waals surface area contributed by atoms with E-state index in [-0.39, 0.29) is 11.3 Å². The number of rotatable bonds is 2. The highest BCUT2D eigenvalue weighted by molar-refractivity contribution is 8.00. The number of carboxylic acids is 1. The Morgan fingerprint density at radius 3 is 2.81 bits per heavy atom. The molecule has 0 aromatic carbocycles. The lowest BCUT2D eigenvalue weighted by Crippen LogP contribution is -2.48. The fourth-order valence-electron chi connectivity index (χ4n) is 2.11. The molecule has 0 aromatic rings. The van der Waals surface area contributed by atoms with Gasteiger partial charge >= 0.3 is 5.97 Å². The van der Waals surface area contributed by atoms with Gasteiger partial charge in [0.15, 0.2) is 0 Å². The molecule has 2 unspecified atom stereocenters. The van der Waals surface area contributed by atoms with Crippen LogP contribution in [0.25, 0.3) is 0 Å². The van der Waals surface area contributed by atoms with Crippen molar-refractivity contribution < 1.29 is 19.4 Å². The summed E-state index contributed by atoms with van der Waals surface area (Å²) in [5.41, 5.74) is 0. The molecule has 1 amide bonds. The maximum atomic E-state index is 12.1. The van der Waals surface area contributed by atoms with Crippen LogP contribution in [0.2, 0.25) is 0 Å². The van der Waals surface area contributed by atoms with Gasteiger partial charge in [-0.05, 0) is 19.8 Å². The Morgan fingerprint density at radius 1 is 1.50 bits per heavy atom. The number of nitrogens with zero attached hydrogens (tertiary/aromatic N) is 1. The summed E-state index contributed by atoms with van der Waals surface area (Å²) in [7, 11) is 0. The second kappa shape index (κ2) is 4.63. The predicted molar refractivity (Wildman–Crippen MR) is 59.2 cm³/mol. The number of carbonyl (C=O) groups is 2. The molecule has 16 heavy (non-hydrogen) atoms. The normalized spacial score (nSPS) is 34.3. The first-order chi connectivity index (χ1) is 7.61. The van der Waals surface area contributed by atoms with Gasteiger partial charge < -0.3 is 14.7 Å². The maximum absolute atomic E-state index is 12.1. The van der Waals surface area contributed by atoms with Crippen LogP contribution in [0.4, 0.5) is 0 Å². The summed E-state index contributed by atoms with van der Waals surface area (Å²) in [5, 5.41) is 8.97. The Bertz CT molecular complexity index is 303. The van der Waals surface area contributed by atoms with Crippen LogP contribution < -0.4 is 0 Å². The molecule has 0 saturated carbocycles. The minimum atomic E-state index is -0.928. The van der Waals surface area contributed by atoms with E-state index in [1.807, 2.05) is 6.92 Å². The van der Waals surface area contributed by atoms with Crippen molar-refractivity contribution in [2.24, 2.45) is 0 Å². The van der Waals surface area contributed by atoms with Crippen LogP contribution in [0.5, 0.6) is 0 Å². The molecule has 1 N–H and O–H groups in total. The first kappa shape index (κ1) is 11.7. The van der Waals surface area contributed by atoms with Crippen molar-refractivity contribution in [1.82, 2.24) is 4.90 Å². The van der Waals surface area contributed by atoms with Gasteiger partial charge in [0.2, 0.25) is 0 Å². The van der Waals surface area contributed by atoms with E-state index in [1.54, 1.807) is 0 Å². The van der Waals surface area contributed by atoms with Gasteiger partial charge in [-0.25, -0.2) is 4.79 Å². The van der Waals surface area contributed by atoms with Crippen molar-refractivity contribution in [2.45, 2.75) is 37.3 Å². The van der Waals surface area contributed by atoms with Crippen molar-refractivity contribution in [3.8, 4) is 0 Å². The first-order valence-corrected chi connectivity index (χ1v) is 6.44. The third-order valence-electron chi connectivity index (χ3n) is 2.97. The average Bonchev–Trinajstić information content (AvgIpc) is 2.84. The monoisotopic (exact) mass is 245 g/mol. The summed E-state index contributed by atoms with van der Waals surface area (Å²) in [4.78, 5) is 24.6. The molecular formula is C10H15NO4S. The van der Waals surface area contributed by atoms with Gasteiger partial charge in [-0.1, -0.05) is 0 Å². The molecule has 2 saturated heterocycles. The van der Waals surface area contributed by atoms with Crippen LogP contribution in [0.3, 0.4) is 0 Å². The van der Waals surface area contributed by atoms with Crippen LogP contribution >= 0.6 is 11.8 Å².